The number of aryl methyl sites for hydroxylation is 2. The zero-order chi connectivity index (χ0) is 17.4. The molecule has 8 heteroatoms. The van der Waals surface area contributed by atoms with Crippen LogP contribution in [0.15, 0.2) is 35.7 Å². The molecule has 1 aromatic carbocycles. The second-order valence-electron chi connectivity index (χ2n) is 5.63. The molecule has 0 aromatic heterocycles. The number of hydrogen-bond acceptors (Lipinski definition) is 3. The Balaban J connectivity index is 2.26. The summed E-state index contributed by atoms with van der Waals surface area (Å²) in [7, 11) is -4.11. The smallest absolute Gasteiger partial charge is 0.283 e. The van der Waals surface area contributed by atoms with Crippen molar-refractivity contribution in [1.29, 1.82) is 0 Å². The van der Waals surface area contributed by atoms with Gasteiger partial charge in [-0.05, 0) is 31.6 Å². The monoisotopic (exact) mass is 344 g/mol. The van der Waals surface area contributed by atoms with Crippen molar-refractivity contribution in [1.82, 2.24) is 9.62 Å². The summed E-state index contributed by atoms with van der Waals surface area (Å²) >= 11 is 0. The lowest BCUT2D eigenvalue weighted by Crippen LogP contribution is -2.46. The average molecular weight is 344 g/mol. The maximum absolute atomic E-state index is 14.0. The summed E-state index contributed by atoms with van der Waals surface area (Å²) in [6.07, 6.45) is 0.928. The molecule has 5 nitrogen and oxygen atoms in total. The van der Waals surface area contributed by atoms with Gasteiger partial charge in [0.05, 0.1) is 11.4 Å². The van der Waals surface area contributed by atoms with Crippen molar-refractivity contribution in [2.45, 2.75) is 30.7 Å². The molecule has 0 saturated carbocycles. The van der Waals surface area contributed by atoms with Gasteiger partial charge in [0.25, 0.3) is 5.92 Å². The Bertz CT molecular complexity index is 747. The van der Waals surface area contributed by atoms with E-state index in [2.05, 4.69) is 6.58 Å². The Labute approximate surface area is 134 Å². The largest absolute Gasteiger partial charge is 0.331 e. The zero-order valence-corrected chi connectivity index (χ0v) is 13.7. The van der Waals surface area contributed by atoms with Crippen LogP contribution in [0.5, 0.6) is 0 Å². The molecule has 1 unspecified atom stereocenters. The summed E-state index contributed by atoms with van der Waals surface area (Å²) < 4.78 is 54.8. The molecule has 1 saturated heterocycles. The second-order valence-corrected chi connectivity index (χ2v) is 7.31. The lowest BCUT2D eigenvalue weighted by atomic mass is 10.2. The maximum atomic E-state index is 14.0. The van der Waals surface area contributed by atoms with Crippen molar-refractivity contribution in [3.8, 4) is 0 Å². The number of rotatable bonds is 4. The van der Waals surface area contributed by atoms with Gasteiger partial charge in [-0.3, -0.25) is 4.79 Å². The van der Waals surface area contributed by atoms with Gasteiger partial charge in [-0.2, -0.15) is 0 Å². The van der Waals surface area contributed by atoms with E-state index in [-0.39, 0.29) is 4.90 Å². The molecular formula is C15H18F2N2O3S. The minimum absolute atomic E-state index is 0.0487. The Morgan fingerprint density at radius 2 is 2.09 bits per heavy atom. The van der Waals surface area contributed by atoms with Crippen molar-refractivity contribution < 1.29 is 22.0 Å². The number of carbonyl (C=O) groups excluding carboxylic acids is 1. The molecule has 23 heavy (non-hydrogen) atoms. The summed E-state index contributed by atoms with van der Waals surface area (Å²) in [6.45, 7) is 5.41. The molecular weight excluding hydrogens is 326 g/mol. The van der Waals surface area contributed by atoms with Gasteiger partial charge in [0.1, 0.15) is 6.04 Å². The molecule has 1 aliphatic heterocycles. The Kier molecular flexibility index (Phi) is 4.59. The number of nitrogens with zero attached hydrogens (tertiary/aromatic N) is 1. The summed E-state index contributed by atoms with van der Waals surface area (Å²) in [4.78, 5) is 12.3. The molecule has 0 bridgehead atoms. The summed E-state index contributed by atoms with van der Waals surface area (Å²) in [5, 5.41) is 0. The van der Waals surface area contributed by atoms with Crippen LogP contribution in [-0.2, 0) is 14.8 Å². The molecule has 1 atom stereocenters. The van der Waals surface area contributed by atoms with Gasteiger partial charge in [-0.1, -0.05) is 24.3 Å². The van der Waals surface area contributed by atoms with Crippen LogP contribution in [-0.4, -0.2) is 44.3 Å². The quantitative estimate of drug-likeness (QED) is 0.844. The van der Waals surface area contributed by atoms with Crippen LogP contribution < -0.4 is 4.72 Å². The molecule has 0 spiro atoms. The number of amides is 1. The normalized spacial score (nSPS) is 20.5. The maximum Gasteiger partial charge on any atom is 0.283 e. The van der Waals surface area contributed by atoms with Crippen LogP contribution in [0.3, 0.4) is 0 Å². The van der Waals surface area contributed by atoms with Crippen LogP contribution in [0, 0.1) is 13.8 Å². The van der Waals surface area contributed by atoms with Gasteiger partial charge >= 0.3 is 0 Å². The van der Waals surface area contributed by atoms with Crippen molar-refractivity contribution in [3.05, 3.63) is 42.0 Å². The number of carbonyl (C=O) groups is 1. The van der Waals surface area contributed by atoms with Crippen LogP contribution >= 0.6 is 0 Å². The van der Waals surface area contributed by atoms with Crippen molar-refractivity contribution in [2.24, 2.45) is 0 Å². The van der Waals surface area contributed by atoms with Crippen LogP contribution in [0.25, 0.3) is 0 Å². The van der Waals surface area contributed by atoms with Gasteiger partial charge in [0.2, 0.25) is 15.9 Å². The summed E-state index contributed by atoms with van der Waals surface area (Å²) in [6, 6.07) is 2.97. The van der Waals surface area contributed by atoms with E-state index in [4.69, 9.17) is 0 Å². The third kappa shape index (κ3) is 3.59. The lowest BCUT2D eigenvalue weighted by molar-refractivity contribution is -0.126. The van der Waals surface area contributed by atoms with Gasteiger partial charge in [-0.15, -0.1) is 0 Å². The van der Waals surface area contributed by atoms with Gasteiger partial charge in [-0.25, -0.2) is 21.9 Å². The SMILES string of the molecule is C=CC(=O)N1CC(NS(=O)(=O)c2ccc(C)cc2C)C(F)(F)C1. The fraction of sp³-hybridized carbons (Fsp3) is 0.400. The number of halogens is 2. The van der Waals surface area contributed by atoms with E-state index < -0.39 is 41.0 Å². The molecule has 126 valence electrons. The first-order valence-electron chi connectivity index (χ1n) is 6.95. The highest BCUT2D eigenvalue weighted by molar-refractivity contribution is 7.89. The first-order valence-corrected chi connectivity index (χ1v) is 8.44. The van der Waals surface area contributed by atoms with E-state index in [1.807, 2.05) is 4.72 Å². The highest BCUT2D eigenvalue weighted by Crippen LogP contribution is 2.29. The average Bonchev–Trinajstić information content (AvgIpc) is 2.72. The number of sulfonamides is 1. The first kappa shape index (κ1) is 17.6. The molecule has 1 N–H and O–H groups in total. The number of nitrogens with one attached hydrogen (secondary N) is 1. The number of benzene rings is 1. The Hall–Kier alpha value is -1.80. The zero-order valence-electron chi connectivity index (χ0n) is 12.8. The molecule has 1 aliphatic rings. The highest BCUT2D eigenvalue weighted by Gasteiger charge is 2.50. The minimum atomic E-state index is -4.11. The van der Waals surface area contributed by atoms with Gasteiger partial charge in [0.15, 0.2) is 0 Å². The number of alkyl halides is 2. The van der Waals surface area contributed by atoms with E-state index in [0.29, 0.717) is 5.56 Å². The predicted molar refractivity (Wildman–Crippen MR) is 81.7 cm³/mol. The van der Waals surface area contributed by atoms with Crippen LogP contribution in [0.2, 0.25) is 0 Å². The molecule has 1 heterocycles. The molecule has 0 radical (unpaired) electrons. The third-order valence-electron chi connectivity index (χ3n) is 3.72. The van der Waals surface area contributed by atoms with Crippen LogP contribution in [0.1, 0.15) is 11.1 Å². The molecule has 2 rings (SSSR count). The summed E-state index contributed by atoms with van der Waals surface area (Å²) in [5.41, 5.74) is 1.34. The number of likely N-dealkylation sites (tertiary alicyclic amines) is 1. The van der Waals surface area contributed by atoms with E-state index in [9.17, 15) is 22.0 Å². The molecule has 0 aliphatic carbocycles. The van der Waals surface area contributed by atoms with E-state index in [1.165, 1.54) is 6.07 Å². The molecule has 1 fully saturated rings. The van der Waals surface area contributed by atoms with E-state index >= 15 is 0 Å². The fourth-order valence-corrected chi connectivity index (χ4v) is 4.03. The molecule has 1 aromatic rings. The summed E-state index contributed by atoms with van der Waals surface area (Å²) in [5.74, 6) is -4.00. The lowest BCUT2D eigenvalue weighted by Gasteiger charge is -2.19. The second kappa shape index (κ2) is 6.01. The van der Waals surface area contributed by atoms with Gasteiger partial charge < -0.3 is 4.90 Å². The van der Waals surface area contributed by atoms with Gasteiger partial charge in [0, 0.05) is 6.54 Å². The van der Waals surface area contributed by atoms with E-state index in [0.717, 1.165) is 16.5 Å². The fourth-order valence-electron chi connectivity index (χ4n) is 2.56. The Morgan fingerprint density at radius 1 is 1.43 bits per heavy atom. The van der Waals surface area contributed by atoms with E-state index in [1.54, 1.807) is 26.0 Å². The third-order valence-corrected chi connectivity index (χ3v) is 5.35. The van der Waals surface area contributed by atoms with Crippen molar-refractivity contribution in [2.75, 3.05) is 13.1 Å². The minimum Gasteiger partial charge on any atom is -0.331 e. The molecule has 1 amide bonds. The first-order chi connectivity index (χ1) is 10.6. The highest BCUT2D eigenvalue weighted by atomic mass is 32.2. The Morgan fingerprint density at radius 3 is 2.65 bits per heavy atom. The van der Waals surface area contributed by atoms with Crippen LogP contribution in [0.4, 0.5) is 8.78 Å². The number of hydrogen-bond donors (Lipinski definition) is 1. The predicted octanol–water partition coefficient (Wildman–Crippen LogP) is 1.61. The topological polar surface area (TPSA) is 66.5 Å². The standard InChI is InChI=1S/C15H18F2N2O3S/c1-4-14(20)19-8-13(15(16,17)9-19)18-23(21,22)12-6-5-10(2)7-11(12)3/h4-7,13,18H,1,8-9H2,2-3H3. The van der Waals surface area contributed by atoms with Crippen molar-refractivity contribution >= 4 is 15.9 Å². The van der Waals surface area contributed by atoms with Crippen molar-refractivity contribution in [3.63, 3.8) is 0 Å².